The summed E-state index contributed by atoms with van der Waals surface area (Å²) in [6.07, 6.45) is 0. The Balaban J connectivity index is 1.93. The van der Waals surface area contributed by atoms with Gasteiger partial charge in [0.05, 0.1) is 14.2 Å². The predicted molar refractivity (Wildman–Crippen MR) is 115 cm³/mol. The number of nitrogens with one attached hydrogen (secondary N) is 1. The van der Waals surface area contributed by atoms with Gasteiger partial charge in [-0.2, -0.15) is 0 Å². The second kappa shape index (κ2) is 8.82. The number of benzene rings is 3. The number of methoxy groups -OCH3 is 2. The van der Waals surface area contributed by atoms with E-state index < -0.39 is 10.0 Å². The van der Waals surface area contributed by atoms with E-state index in [1.165, 1.54) is 20.3 Å². The van der Waals surface area contributed by atoms with Crippen LogP contribution in [0.3, 0.4) is 0 Å². The predicted octanol–water partition coefficient (Wildman–Crippen LogP) is 3.44. The lowest BCUT2D eigenvalue weighted by molar-refractivity contribution is 0.301. The molecule has 0 radical (unpaired) electrons. The molecule has 0 heterocycles. The summed E-state index contributed by atoms with van der Waals surface area (Å²) < 4.78 is 39.2. The Labute approximate surface area is 172 Å². The topological polar surface area (TPSA) is 67.9 Å². The van der Waals surface area contributed by atoms with Gasteiger partial charge in [0.15, 0.2) is 0 Å². The Morgan fingerprint density at radius 1 is 0.966 bits per heavy atom. The molecule has 7 heteroatoms. The first-order valence-corrected chi connectivity index (χ1v) is 10.7. The third kappa shape index (κ3) is 4.53. The van der Waals surface area contributed by atoms with Gasteiger partial charge in [0.2, 0.25) is 10.0 Å². The fraction of sp³-hybridized carbons (Fsp3) is 0.273. The van der Waals surface area contributed by atoms with E-state index >= 15 is 0 Å². The van der Waals surface area contributed by atoms with Crippen LogP contribution in [0.1, 0.15) is 11.6 Å². The third-order valence-corrected chi connectivity index (χ3v) is 6.38. The number of nitrogens with zero attached hydrogens (tertiary/aromatic N) is 1. The maximum absolute atomic E-state index is 13.0. The summed E-state index contributed by atoms with van der Waals surface area (Å²) >= 11 is 0. The van der Waals surface area contributed by atoms with Crippen molar-refractivity contribution in [2.75, 3.05) is 34.9 Å². The van der Waals surface area contributed by atoms with Crippen LogP contribution in [0, 0.1) is 0 Å². The fourth-order valence-corrected chi connectivity index (χ4v) is 4.59. The average Bonchev–Trinajstić information content (AvgIpc) is 2.73. The lowest BCUT2D eigenvalue weighted by Gasteiger charge is -2.26. The van der Waals surface area contributed by atoms with Gasteiger partial charge >= 0.3 is 0 Å². The SMILES string of the molecule is COc1ccc(OC)c(S(=O)(=O)NC[C@H](c2cccc3ccccc23)N(C)C)c1. The normalized spacial score (nSPS) is 12.9. The van der Waals surface area contributed by atoms with Crippen LogP contribution >= 0.6 is 0 Å². The molecule has 6 nitrogen and oxygen atoms in total. The maximum Gasteiger partial charge on any atom is 0.244 e. The van der Waals surface area contributed by atoms with Gasteiger partial charge in [0, 0.05) is 18.7 Å². The minimum Gasteiger partial charge on any atom is -0.497 e. The summed E-state index contributed by atoms with van der Waals surface area (Å²) in [6, 6.07) is 18.7. The van der Waals surface area contributed by atoms with E-state index in [1.807, 2.05) is 43.3 Å². The molecule has 3 aromatic carbocycles. The molecule has 0 bridgehead atoms. The van der Waals surface area contributed by atoms with Crippen LogP contribution in [0.15, 0.2) is 65.6 Å². The first-order valence-electron chi connectivity index (χ1n) is 9.23. The maximum atomic E-state index is 13.0. The zero-order valence-corrected chi connectivity index (χ0v) is 17.9. The van der Waals surface area contributed by atoms with Crippen LogP contribution in [-0.2, 0) is 10.0 Å². The van der Waals surface area contributed by atoms with Crippen LogP contribution in [0.25, 0.3) is 10.8 Å². The van der Waals surface area contributed by atoms with E-state index in [-0.39, 0.29) is 23.2 Å². The monoisotopic (exact) mass is 414 g/mol. The largest absolute Gasteiger partial charge is 0.497 e. The van der Waals surface area contributed by atoms with Crippen LogP contribution in [0.2, 0.25) is 0 Å². The van der Waals surface area contributed by atoms with Gasteiger partial charge in [-0.05, 0) is 42.6 Å². The quantitative estimate of drug-likeness (QED) is 0.612. The van der Waals surface area contributed by atoms with Gasteiger partial charge in [-0.15, -0.1) is 0 Å². The minimum absolute atomic E-state index is 0.0507. The molecule has 0 aliphatic carbocycles. The first-order chi connectivity index (χ1) is 13.9. The summed E-state index contributed by atoms with van der Waals surface area (Å²) in [6.45, 7) is 0.212. The van der Waals surface area contributed by atoms with Crippen LogP contribution in [-0.4, -0.2) is 48.2 Å². The molecule has 29 heavy (non-hydrogen) atoms. The van der Waals surface area contributed by atoms with Crippen molar-refractivity contribution in [2.24, 2.45) is 0 Å². The molecule has 0 amide bonds. The molecular weight excluding hydrogens is 388 g/mol. The molecule has 0 aliphatic rings. The van der Waals surface area contributed by atoms with Gasteiger partial charge in [0.25, 0.3) is 0 Å². The summed E-state index contributed by atoms with van der Waals surface area (Å²) in [5.41, 5.74) is 1.06. The third-order valence-electron chi connectivity index (χ3n) is 4.93. The second-order valence-corrected chi connectivity index (χ2v) is 8.65. The van der Waals surface area contributed by atoms with E-state index in [1.54, 1.807) is 12.1 Å². The molecule has 0 aromatic heterocycles. The molecule has 1 atom stereocenters. The number of fused-ring (bicyclic) bond motifs is 1. The van der Waals surface area contributed by atoms with Crippen molar-refractivity contribution in [3.8, 4) is 11.5 Å². The number of ether oxygens (including phenoxy) is 2. The number of sulfonamides is 1. The van der Waals surface area contributed by atoms with Crippen molar-refractivity contribution in [2.45, 2.75) is 10.9 Å². The second-order valence-electron chi connectivity index (χ2n) is 6.92. The zero-order valence-electron chi connectivity index (χ0n) is 17.0. The molecule has 0 spiro atoms. The molecule has 3 rings (SSSR count). The summed E-state index contributed by atoms with van der Waals surface area (Å²) in [5.74, 6) is 0.717. The number of hydrogen-bond donors (Lipinski definition) is 1. The highest BCUT2D eigenvalue weighted by Gasteiger charge is 2.24. The molecule has 3 aromatic rings. The van der Waals surface area contributed by atoms with E-state index in [4.69, 9.17) is 9.47 Å². The van der Waals surface area contributed by atoms with E-state index in [0.29, 0.717) is 5.75 Å². The smallest absolute Gasteiger partial charge is 0.244 e. The molecule has 154 valence electrons. The van der Waals surface area contributed by atoms with Crippen LogP contribution < -0.4 is 14.2 Å². The highest BCUT2D eigenvalue weighted by molar-refractivity contribution is 7.89. The van der Waals surface area contributed by atoms with Crippen molar-refractivity contribution in [1.29, 1.82) is 0 Å². The highest BCUT2D eigenvalue weighted by atomic mass is 32.2. The standard InChI is InChI=1S/C22H26N2O4S/c1-24(2)20(19-11-7-9-16-8-5-6-10-18(16)19)15-23-29(25,26)22-14-17(27-3)12-13-21(22)28-4/h5-14,20,23H,15H2,1-4H3/t20-/m1/s1. The van der Waals surface area contributed by atoms with Gasteiger partial charge < -0.3 is 14.4 Å². The van der Waals surface area contributed by atoms with Gasteiger partial charge in [-0.1, -0.05) is 42.5 Å². The molecular formula is C22H26N2O4S. The van der Waals surface area contributed by atoms with Gasteiger partial charge in [0.1, 0.15) is 16.4 Å². The highest BCUT2D eigenvalue weighted by Crippen LogP contribution is 2.30. The molecule has 0 saturated carbocycles. The van der Waals surface area contributed by atoms with Crippen molar-refractivity contribution >= 4 is 20.8 Å². The van der Waals surface area contributed by atoms with Gasteiger partial charge in [-0.3, -0.25) is 0 Å². The number of rotatable bonds is 8. The Morgan fingerprint density at radius 3 is 2.38 bits per heavy atom. The molecule has 0 fully saturated rings. The van der Waals surface area contributed by atoms with Crippen molar-refractivity contribution < 1.29 is 17.9 Å². The molecule has 0 aliphatic heterocycles. The van der Waals surface area contributed by atoms with Crippen molar-refractivity contribution in [3.05, 3.63) is 66.2 Å². The lowest BCUT2D eigenvalue weighted by Crippen LogP contribution is -2.34. The summed E-state index contributed by atoms with van der Waals surface area (Å²) in [4.78, 5) is 2.06. The summed E-state index contributed by atoms with van der Waals surface area (Å²) in [7, 11) is 3.01. The van der Waals surface area contributed by atoms with E-state index in [0.717, 1.165) is 16.3 Å². The number of likely N-dealkylation sites (N-methyl/N-ethyl adjacent to an activating group) is 1. The number of hydrogen-bond acceptors (Lipinski definition) is 5. The Hall–Kier alpha value is -2.61. The Bertz CT molecular complexity index is 1090. The minimum atomic E-state index is -3.81. The fourth-order valence-electron chi connectivity index (χ4n) is 3.37. The van der Waals surface area contributed by atoms with Crippen molar-refractivity contribution in [3.63, 3.8) is 0 Å². The molecule has 1 N–H and O–H groups in total. The zero-order chi connectivity index (χ0) is 21.0. The van der Waals surface area contributed by atoms with Crippen molar-refractivity contribution in [1.82, 2.24) is 9.62 Å². The molecule has 0 saturated heterocycles. The van der Waals surface area contributed by atoms with Crippen LogP contribution in [0.4, 0.5) is 0 Å². The lowest BCUT2D eigenvalue weighted by atomic mass is 9.98. The average molecular weight is 415 g/mol. The Morgan fingerprint density at radius 2 is 1.69 bits per heavy atom. The Kier molecular flexibility index (Phi) is 6.42. The first kappa shape index (κ1) is 21.1. The van der Waals surface area contributed by atoms with E-state index in [9.17, 15) is 8.42 Å². The van der Waals surface area contributed by atoms with Crippen LogP contribution in [0.5, 0.6) is 11.5 Å². The van der Waals surface area contributed by atoms with E-state index in [2.05, 4.69) is 22.9 Å². The van der Waals surface area contributed by atoms with Gasteiger partial charge in [-0.25, -0.2) is 13.1 Å². The summed E-state index contributed by atoms with van der Waals surface area (Å²) in [5, 5.41) is 2.22. The molecule has 0 unspecified atom stereocenters.